The van der Waals surface area contributed by atoms with Gasteiger partial charge >= 0.3 is 0 Å². The molecule has 6 heteroatoms. The van der Waals surface area contributed by atoms with Crippen molar-refractivity contribution < 1.29 is 9.59 Å². The monoisotopic (exact) mass is 296 g/mol. The lowest BCUT2D eigenvalue weighted by Crippen LogP contribution is -2.32. The molecule has 0 bridgehead atoms. The molecule has 0 radical (unpaired) electrons. The molecule has 0 spiro atoms. The molecule has 0 saturated carbocycles. The number of fused-ring (bicyclic) bond motifs is 1. The van der Waals surface area contributed by atoms with Crippen molar-refractivity contribution in [1.82, 2.24) is 15.3 Å². The Morgan fingerprint density at radius 2 is 2.23 bits per heavy atom. The van der Waals surface area contributed by atoms with Gasteiger partial charge in [0.15, 0.2) is 5.78 Å². The number of nitrogens with one attached hydrogen (secondary N) is 2. The summed E-state index contributed by atoms with van der Waals surface area (Å²) in [5.41, 5.74) is 6.72. The van der Waals surface area contributed by atoms with E-state index in [1.165, 1.54) is 0 Å². The van der Waals surface area contributed by atoms with Crippen LogP contribution < -0.4 is 11.1 Å². The molecule has 1 aliphatic rings. The van der Waals surface area contributed by atoms with E-state index in [4.69, 9.17) is 5.73 Å². The summed E-state index contributed by atoms with van der Waals surface area (Å²) in [4.78, 5) is 31.0. The fourth-order valence-corrected chi connectivity index (χ4v) is 2.38. The second-order valence-electron chi connectivity index (χ2n) is 5.18. The van der Waals surface area contributed by atoms with E-state index in [0.717, 1.165) is 10.9 Å². The Bertz CT molecular complexity index is 789. The SMILES string of the molecule is Nc1cc2cc(C(=O)NCC(=O)C3C=CC=CC3)[nH]c2cn1. The quantitative estimate of drug-likeness (QED) is 0.797. The molecule has 1 aliphatic carbocycles. The summed E-state index contributed by atoms with van der Waals surface area (Å²) < 4.78 is 0. The Hall–Kier alpha value is -2.89. The van der Waals surface area contributed by atoms with Crippen molar-refractivity contribution in [3.63, 3.8) is 0 Å². The fraction of sp³-hybridized carbons (Fsp3) is 0.188. The Morgan fingerprint density at radius 3 is 3.00 bits per heavy atom. The first-order valence-electron chi connectivity index (χ1n) is 7.02. The standard InChI is InChI=1S/C16H16N4O2/c17-15-7-11-6-12(20-13(11)8-18-15)16(22)19-9-14(21)10-4-2-1-3-5-10/h1-4,6-8,10,20H,5,9H2,(H2,17,18)(H,19,22). The average molecular weight is 296 g/mol. The molecule has 1 amide bonds. The molecule has 0 aliphatic heterocycles. The third-order valence-corrected chi connectivity index (χ3v) is 3.59. The number of anilines is 1. The Morgan fingerprint density at radius 1 is 1.36 bits per heavy atom. The maximum atomic E-state index is 12.1. The minimum atomic E-state index is -0.321. The highest BCUT2D eigenvalue weighted by molar-refractivity contribution is 6.00. The van der Waals surface area contributed by atoms with Crippen LogP contribution in [0.3, 0.4) is 0 Å². The smallest absolute Gasteiger partial charge is 0.268 e. The normalized spacial score (nSPS) is 16.8. The van der Waals surface area contributed by atoms with E-state index in [0.29, 0.717) is 17.9 Å². The number of hydrogen-bond donors (Lipinski definition) is 3. The van der Waals surface area contributed by atoms with Crippen LogP contribution in [0.1, 0.15) is 16.9 Å². The number of carbonyl (C=O) groups is 2. The van der Waals surface area contributed by atoms with Crippen LogP contribution in [0.25, 0.3) is 10.9 Å². The number of hydrogen-bond acceptors (Lipinski definition) is 4. The van der Waals surface area contributed by atoms with E-state index in [2.05, 4.69) is 15.3 Å². The molecule has 1 unspecified atom stereocenters. The molecule has 0 fully saturated rings. The predicted octanol–water partition coefficient (Wildman–Crippen LogP) is 1.58. The summed E-state index contributed by atoms with van der Waals surface area (Å²) in [7, 11) is 0. The number of H-pyrrole nitrogens is 1. The van der Waals surface area contributed by atoms with Crippen molar-refractivity contribution in [2.24, 2.45) is 5.92 Å². The number of nitrogens with zero attached hydrogens (tertiary/aromatic N) is 1. The van der Waals surface area contributed by atoms with Gasteiger partial charge in [0, 0.05) is 11.3 Å². The van der Waals surface area contributed by atoms with Crippen LogP contribution in [0, 0.1) is 5.92 Å². The number of carbonyl (C=O) groups excluding carboxylic acids is 2. The van der Waals surface area contributed by atoms with Crippen molar-refractivity contribution in [3.05, 3.63) is 48.3 Å². The number of aromatic nitrogens is 2. The van der Waals surface area contributed by atoms with Gasteiger partial charge in [0.2, 0.25) is 0 Å². The number of allylic oxidation sites excluding steroid dienone is 4. The number of nitrogens with two attached hydrogens (primary N) is 1. The van der Waals surface area contributed by atoms with Crippen molar-refractivity contribution in [2.45, 2.75) is 6.42 Å². The van der Waals surface area contributed by atoms with Gasteiger partial charge in [-0.1, -0.05) is 24.3 Å². The third-order valence-electron chi connectivity index (χ3n) is 3.59. The molecule has 4 N–H and O–H groups in total. The lowest BCUT2D eigenvalue weighted by Gasteiger charge is -2.11. The van der Waals surface area contributed by atoms with Gasteiger partial charge in [-0.05, 0) is 18.6 Å². The maximum Gasteiger partial charge on any atom is 0.268 e. The van der Waals surface area contributed by atoms with Crippen LogP contribution in [0.15, 0.2) is 42.6 Å². The van der Waals surface area contributed by atoms with E-state index >= 15 is 0 Å². The predicted molar refractivity (Wildman–Crippen MR) is 84.2 cm³/mol. The van der Waals surface area contributed by atoms with Gasteiger partial charge in [-0.15, -0.1) is 0 Å². The molecule has 2 aromatic rings. The maximum absolute atomic E-state index is 12.1. The summed E-state index contributed by atoms with van der Waals surface area (Å²) in [6.45, 7) is 0.0113. The number of nitrogen functional groups attached to an aromatic ring is 1. The topological polar surface area (TPSA) is 101 Å². The minimum absolute atomic E-state index is 0.00373. The summed E-state index contributed by atoms with van der Waals surface area (Å²) in [6, 6.07) is 3.38. The van der Waals surface area contributed by atoms with Crippen LogP contribution in [-0.2, 0) is 4.79 Å². The number of aromatic amines is 1. The highest BCUT2D eigenvalue weighted by Crippen LogP contribution is 2.16. The zero-order valence-electron chi connectivity index (χ0n) is 11.9. The summed E-state index contributed by atoms with van der Waals surface area (Å²) in [5, 5.41) is 3.45. The van der Waals surface area contributed by atoms with Crippen LogP contribution in [0.5, 0.6) is 0 Å². The molecule has 1 atom stereocenters. The van der Waals surface area contributed by atoms with Crippen LogP contribution in [-0.4, -0.2) is 28.2 Å². The van der Waals surface area contributed by atoms with Gasteiger partial charge < -0.3 is 16.0 Å². The molecule has 3 rings (SSSR count). The van der Waals surface area contributed by atoms with E-state index in [-0.39, 0.29) is 24.2 Å². The van der Waals surface area contributed by atoms with E-state index in [9.17, 15) is 9.59 Å². The largest absolute Gasteiger partial charge is 0.384 e. The molecule has 2 heterocycles. The first kappa shape index (κ1) is 14.1. The van der Waals surface area contributed by atoms with Crippen LogP contribution >= 0.6 is 0 Å². The zero-order chi connectivity index (χ0) is 15.5. The minimum Gasteiger partial charge on any atom is -0.384 e. The van der Waals surface area contributed by atoms with Crippen LogP contribution in [0.4, 0.5) is 5.82 Å². The number of ketones is 1. The lowest BCUT2D eigenvalue weighted by molar-refractivity contribution is -0.120. The molecule has 6 nitrogen and oxygen atoms in total. The van der Waals surface area contributed by atoms with E-state index < -0.39 is 0 Å². The highest BCUT2D eigenvalue weighted by Gasteiger charge is 2.17. The summed E-state index contributed by atoms with van der Waals surface area (Å²) >= 11 is 0. The van der Waals surface area contributed by atoms with Gasteiger partial charge in [0.1, 0.15) is 11.5 Å². The van der Waals surface area contributed by atoms with Gasteiger partial charge in [-0.3, -0.25) is 9.59 Å². The molecular weight excluding hydrogens is 280 g/mol. The zero-order valence-corrected chi connectivity index (χ0v) is 11.9. The molecule has 22 heavy (non-hydrogen) atoms. The fourth-order valence-electron chi connectivity index (χ4n) is 2.38. The van der Waals surface area contributed by atoms with Gasteiger partial charge in [-0.2, -0.15) is 0 Å². The van der Waals surface area contributed by atoms with Crippen molar-refractivity contribution in [1.29, 1.82) is 0 Å². The van der Waals surface area contributed by atoms with Crippen molar-refractivity contribution in [2.75, 3.05) is 12.3 Å². The third kappa shape index (κ3) is 2.90. The first-order chi connectivity index (χ1) is 10.6. The Balaban J connectivity index is 1.64. The summed E-state index contributed by atoms with van der Waals surface area (Å²) in [5.74, 6) is -0.0859. The van der Waals surface area contributed by atoms with Gasteiger partial charge in [0.25, 0.3) is 5.91 Å². The van der Waals surface area contributed by atoms with Crippen LogP contribution in [0.2, 0.25) is 0 Å². The van der Waals surface area contributed by atoms with Crippen molar-refractivity contribution in [3.8, 4) is 0 Å². The van der Waals surface area contributed by atoms with Gasteiger partial charge in [-0.25, -0.2) is 4.98 Å². The van der Waals surface area contributed by atoms with E-state index in [1.807, 2.05) is 24.3 Å². The number of amides is 1. The van der Waals surface area contributed by atoms with E-state index in [1.54, 1.807) is 18.3 Å². The Kier molecular flexibility index (Phi) is 3.74. The molecular formula is C16H16N4O2. The number of rotatable bonds is 4. The lowest BCUT2D eigenvalue weighted by atomic mass is 9.96. The molecule has 0 saturated heterocycles. The molecule has 2 aromatic heterocycles. The van der Waals surface area contributed by atoms with Gasteiger partial charge in [0.05, 0.1) is 18.3 Å². The van der Waals surface area contributed by atoms with Crippen molar-refractivity contribution >= 4 is 28.4 Å². The average Bonchev–Trinajstić information content (AvgIpc) is 2.96. The number of pyridine rings is 1. The first-order valence-corrected chi connectivity index (χ1v) is 7.02. The Labute approximate surface area is 127 Å². The molecule has 0 aromatic carbocycles. The second-order valence-corrected chi connectivity index (χ2v) is 5.18. The summed E-state index contributed by atoms with van der Waals surface area (Å²) in [6.07, 6.45) is 9.81. The number of Topliss-reactive ketones (excluding diaryl/α,β-unsaturated/α-hetero) is 1. The highest BCUT2D eigenvalue weighted by atomic mass is 16.2. The second kappa shape index (κ2) is 5.85. The molecule has 112 valence electrons.